The van der Waals surface area contributed by atoms with E-state index in [0.717, 1.165) is 72.7 Å². The molecule has 0 spiro atoms. The molecule has 1 fully saturated rings. The predicted molar refractivity (Wildman–Crippen MR) is 346 cm³/mol. The number of halogens is 2. The van der Waals surface area contributed by atoms with Crippen LogP contribution in [0, 0.1) is 0 Å². The van der Waals surface area contributed by atoms with Crippen molar-refractivity contribution in [3.63, 3.8) is 0 Å². The number of thiophene rings is 2. The molecule has 10 aromatic rings. The molecule has 6 heterocycles. The van der Waals surface area contributed by atoms with E-state index in [4.69, 9.17) is 30.0 Å². The number of aldehydes is 2. The van der Waals surface area contributed by atoms with Gasteiger partial charge in [0.2, 0.25) is 17.8 Å². The van der Waals surface area contributed by atoms with Gasteiger partial charge in [-0.1, -0.05) is 84.9 Å². The summed E-state index contributed by atoms with van der Waals surface area (Å²) < 4.78 is 17.4. The number of benzene rings is 5. The average molecular weight is 1320 g/mol. The predicted octanol–water partition coefficient (Wildman–Crippen LogP) is 13.1. The van der Waals surface area contributed by atoms with Gasteiger partial charge in [-0.15, -0.1) is 22.7 Å². The van der Waals surface area contributed by atoms with Crippen LogP contribution in [0.4, 0.5) is 61.6 Å². The summed E-state index contributed by atoms with van der Waals surface area (Å²) in [6, 6.07) is 47.5. The van der Waals surface area contributed by atoms with E-state index in [9.17, 15) is 19.2 Å². The number of nitrogen functional groups attached to an aromatic ring is 1. The van der Waals surface area contributed by atoms with Gasteiger partial charge in [-0.25, -0.2) is 39.5 Å². The zero-order valence-electron chi connectivity index (χ0n) is 45.5. The van der Waals surface area contributed by atoms with Crippen LogP contribution in [0.5, 0.6) is 0 Å². The third-order valence-corrected chi connectivity index (χ3v) is 14.0. The number of carbonyl (C=O) groups is 4. The lowest BCUT2D eigenvalue weighted by Gasteiger charge is -2.09. The fourth-order valence-corrected chi connectivity index (χ4v) is 8.94. The first-order valence-corrected chi connectivity index (χ1v) is 29.2. The zero-order valence-corrected chi connectivity index (χ0v) is 50.3. The number of ether oxygens (including phenoxy) is 3. The monoisotopic (exact) mass is 1320 g/mol. The molecular weight excluding hydrogens is 1270 g/mol. The van der Waals surface area contributed by atoms with E-state index in [1.165, 1.54) is 30.2 Å². The van der Waals surface area contributed by atoms with Gasteiger partial charge in [0, 0.05) is 101 Å². The lowest BCUT2D eigenvalue weighted by atomic mass is 9.90. The molecular formula is C60H57BBr2N12O9S2. The summed E-state index contributed by atoms with van der Waals surface area (Å²) in [4.78, 5) is 72.1. The molecule has 0 radical (unpaired) electrons. The second-order valence-electron chi connectivity index (χ2n) is 17.7. The number of anilines is 9. The highest BCUT2D eigenvalue weighted by molar-refractivity contribution is 9.10. The lowest BCUT2D eigenvalue weighted by Crippen LogP contribution is -2.26. The Labute approximate surface area is 521 Å². The van der Waals surface area contributed by atoms with Crippen molar-refractivity contribution in [1.29, 1.82) is 0 Å². The highest BCUT2D eigenvalue weighted by Crippen LogP contribution is 2.27. The molecule has 0 bridgehead atoms. The topological polar surface area (TPSA) is 300 Å². The molecule has 21 nitrogen and oxygen atoms in total. The van der Waals surface area contributed by atoms with E-state index in [1.54, 1.807) is 79.6 Å². The fraction of sp³-hybridized carbons (Fsp3) is 0.100. The maximum atomic E-state index is 12.1. The van der Waals surface area contributed by atoms with Crippen molar-refractivity contribution in [2.75, 3.05) is 45.5 Å². The number of aromatic nitrogens is 6. The number of carbonyl (C=O) groups excluding carboxylic acids is 4. The van der Waals surface area contributed by atoms with Crippen LogP contribution in [-0.4, -0.2) is 85.0 Å². The van der Waals surface area contributed by atoms with E-state index in [2.05, 4.69) is 88.3 Å². The van der Waals surface area contributed by atoms with Crippen molar-refractivity contribution in [2.45, 2.75) is 26.1 Å². The Balaban J connectivity index is 0.000000191. The van der Waals surface area contributed by atoms with Crippen molar-refractivity contribution >= 4 is 143 Å². The summed E-state index contributed by atoms with van der Waals surface area (Å²) >= 11 is 9.01. The molecule has 26 heteroatoms. The highest BCUT2D eigenvalue weighted by atomic mass is 79.9. The Bertz CT molecular complexity index is 3690. The molecule has 0 unspecified atom stereocenters. The van der Waals surface area contributed by atoms with E-state index in [0.29, 0.717) is 61.4 Å². The van der Waals surface area contributed by atoms with Crippen LogP contribution >= 0.6 is 54.5 Å². The van der Waals surface area contributed by atoms with Crippen molar-refractivity contribution in [2.24, 2.45) is 0 Å². The van der Waals surface area contributed by atoms with Crippen molar-refractivity contribution in [1.82, 2.24) is 29.9 Å². The average Bonchev–Trinajstić information content (AvgIpc) is 4.46. The van der Waals surface area contributed by atoms with Crippen molar-refractivity contribution < 1.29 is 44.9 Å². The molecule has 1 saturated heterocycles. The van der Waals surface area contributed by atoms with Gasteiger partial charge in [-0.05, 0) is 129 Å². The number of hydrogen-bond donors (Lipinski definition) is 8. The Morgan fingerprint density at radius 1 is 0.547 bits per heavy atom. The van der Waals surface area contributed by atoms with E-state index in [-0.39, 0.29) is 14.6 Å². The first-order chi connectivity index (χ1) is 41.9. The van der Waals surface area contributed by atoms with Gasteiger partial charge in [0.05, 0.1) is 18.7 Å². The number of nitrogens with one attached hydrogen (secondary N) is 5. The van der Waals surface area contributed by atoms with Crippen LogP contribution in [0.2, 0.25) is 0 Å². The summed E-state index contributed by atoms with van der Waals surface area (Å²) in [5.41, 5.74) is 12.6. The van der Waals surface area contributed by atoms with E-state index in [1.807, 2.05) is 109 Å². The summed E-state index contributed by atoms with van der Waals surface area (Å²) in [5, 5.41) is 31.8. The van der Waals surface area contributed by atoms with Gasteiger partial charge in [0.15, 0.2) is 12.6 Å². The molecule has 9 N–H and O–H groups in total. The maximum absolute atomic E-state index is 12.1. The summed E-state index contributed by atoms with van der Waals surface area (Å²) in [6.45, 7) is 2.42. The Morgan fingerprint density at radius 3 is 1.36 bits per heavy atom. The smallest absolute Gasteiger partial charge is 0.444 e. The minimum Gasteiger partial charge on any atom is -0.444 e. The molecule has 440 valence electrons. The number of rotatable bonds is 16. The summed E-state index contributed by atoms with van der Waals surface area (Å²) in [5.74, 6) is 1.43. The minimum atomic E-state index is -1.46. The Kier molecular flexibility index (Phi) is 26.3. The molecule has 5 aromatic heterocycles. The van der Waals surface area contributed by atoms with Gasteiger partial charge < -0.3 is 45.9 Å². The van der Waals surface area contributed by atoms with Crippen molar-refractivity contribution in [3.05, 3.63) is 225 Å². The third kappa shape index (κ3) is 23.4. The number of amides is 2. The number of nitrogens with zero attached hydrogens (tertiary/aromatic N) is 6. The fourth-order valence-electron chi connectivity index (χ4n) is 7.03. The maximum Gasteiger partial charge on any atom is 0.499 e. The van der Waals surface area contributed by atoms with Gasteiger partial charge in [-0.3, -0.25) is 20.2 Å². The van der Waals surface area contributed by atoms with Gasteiger partial charge >= 0.3 is 19.3 Å². The molecule has 11 rings (SSSR count). The Morgan fingerprint density at radius 2 is 0.965 bits per heavy atom. The molecule has 0 aliphatic carbocycles. The van der Waals surface area contributed by atoms with Crippen molar-refractivity contribution in [3.8, 4) is 10.4 Å². The third-order valence-electron chi connectivity index (χ3n) is 11.1. The number of hydrogen-bond acceptors (Lipinski definition) is 21. The van der Waals surface area contributed by atoms with Crippen LogP contribution in [0.25, 0.3) is 10.4 Å². The molecule has 0 saturated carbocycles. The molecule has 1 aliphatic rings. The molecule has 1 aliphatic heterocycles. The van der Waals surface area contributed by atoms with E-state index < -0.39 is 19.3 Å². The first-order valence-electron chi connectivity index (χ1n) is 26.0. The van der Waals surface area contributed by atoms with Gasteiger partial charge in [-0.2, -0.15) is 0 Å². The summed E-state index contributed by atoms with van der Waals surface area (Å²) in [7, 11) is -1.46. The molecule has 86 heavy (non-hydrogen) atoms. The molecule has 2 amide bonds. The van der Waals surface area contributed by atoms with Crippen LogP contribution in [0.1, 0.15) is 44.7 Å². The zero-order chi connectivity index (χ0) is 60.7. The van der Waals surface area contributed by atoms with Gasteiger partial charge in [0.1, 0.15) is 13.2 Å². The minimum absolute atomic E-state index is 0. The highest BCUT2D eigenvalue weighted by Gasteiger charge is 2.13. The SMILES string of the molecule is C1CCOC1.Nc1cccc(Nc2ncc(Br)cn2)c1.O=C(Nc1cccc(Nc2ncc(Br)cn2)c1)OCc1ccccc1.O=Cc1ccc(-c2cnc(Nc3cccc(NC(=O)OCc4ccccc4)c3)nc2)s1.O=Cc1ccc(B(O)O)s1.[HH]. The van der Waals surface area contributed by atoms with Gasteiger partial charge in [0.25, 0.3) is 0 Å². The van der Waals surface area contributed by atoms with E-state index >= 15 is 0 Å². The normalized spacial score (nSPS) is 10.9. The summed E-state index contributed by atoms with van der Waals surface area (Å²) in [6.07, 6.45) is 13.1. The lowest BCUT2D eigenvalue weighted by molar-refractivity contribution is 0.111. The molecule has 0 atom stereocenters. The largest absolute Gasteiger partial charge is 0.499 e. The van der Waals surface area contributed by atoms with Crippen LogP contribution < -0.4 is 37.1 Å². The number of nitrogens with two attached hydrogens (primary N) is 1. The first kappa shape index (κ1) is 64.3. The second kappa shape index (κ2) is 35.1. The quantitative estimate of drug-likeness (QED) is 0.0253. The molecule has 5 aromatic carbocycles. The standard InChI is InChI=1S/C23H18N4O3S.C18H15BrN4O2.C10H9BrN4.C5H5BO3S.C4H8O.H2/c28-14-20-9-10-21(31-20)17-12-24-22(25-13-17)26-18-7-4-8-19(11-18)27-23(29)30-15-16-5-2-1-3-6-16;19-14-10-20-17(21-11-14)22-15-7-4-8-16(9-15)23-18(24)25-12-13-5-2-1-3-6-13;11-7-5-13-10(14-6-7)15-9-3-1-2-8(12)4-9;7-3-4-1-2-5(10-4)6(8)9;1-2-4-5-3-1;/h1-14H,15H2,(H,27,29)(H,24,25,26);1-11H,12H2,(H,23,24)(H,20,21,22);1-6H,12H2,(H,13,14,15);1-3,8-9H;1-4H2;1H. The second-order valence-corrected chi connectivity index (χ2v) is 21.7. The van der Waals surface area contributed by atoms with Crippen LogP contribution in [0.15, 0.2) is 204 Å². The Hall–Kier alpha value is -9.28. The van der Waals surface area contributed by atoms with Crippen LogP contribution in [0.3, 0.4) is 0 Å². The van der Waals surface area contributed by atoms with Crippen LogP contribution in [-0.2, 0) is 27.4 Å².